The van der Waals surface area contributed by atoms with E-state index >= 15 is 0 Å². The summed E-state index contributed by atoms with van der Waals surface area (Å²) in [5.41, 5.74) is 4.58. The number of Topliss-reactive ketones (excluding diaryl/α,β-unsaturated/α-hetero) is 1. The van der Waals surface area contributed by atoms with E-state index in [1.165, 1.54) is 0 Å². The van der Waals surface area contributed by atoms with Crippen LogP contribution in [-0.2, 0) is 6.42 Å². The van der Waals surface area contributed by atoms with Gasteiger partial charge in [-0.15, -0.1) is 0 Å². The molecule has 21 heavy (non-hydrogen) atoms. The number of hydrogen-bond acceptors (Lipinski definition) is 3. The Morgan fingerprint density at radius 2 is 1.95 bits per heavy atom. The molecule has 0 N–H and O–H groups in total. The van der Waals surface area contributed by atoms with Gasteiger partial charge in [-0.2, -0.15) is 0 Å². The quantitative estimate of drug-likeness (QED) is 0.580. The second-order valence-electron chi connectivity index (χ2n) is 5.08. The van der Waals surface area contributed by atoms with Crippen molar-refractivity contribution in [3.8, 4) is 5.75 Å². The lowest BCUT2D eigenvalue weighted by molar-refractivity contribution is 0.0990. The molecule has 1 aromatic heterocycles. The Hall–Kier alpha value is -1.43. The topological polar surface area (TPSA) is 39.2 Å². The van der Waals surface area contributed by atoms with Crippen LogP contribution in [0.5, 0.6) is 5.75 Å². The van der Waals surface area contributed by atoms with Crippen molar-refractivity contribution in [1.82, 2.24) is 4.98 Å². The Kier molecular flexibility index (Phi) is 4.98. The molecule has 0 amide bonds. The second-order valence-corrected chi connectivity index (χ2v) is 6.16. The third-order valence-electron chi connectivity index (χ3n) is 3.57. The maximum atomic E-state index is 12.5. The minimum absolute atomic E-state index is 0.0876. The van der Waals surface area contributed by atoms with Crippen molar-refractivity contribution in [3.05, 3.63) is 55.9 Å². The molecule has 4 heteroatoms. The van der Waals surface area contributed by atoms with Crippen molar-refractivity contribution in [3.63, 3.8) is 0 Å². The van der Waals surface area contributed by atoms with Gasteiger partial charge in [0.1, 0.15) is 5.75 Å². The predicted octanol–water partition coefficient (Wildman–Crippen LogP) is 4.05. The van der Waals surface area contributed by atoms with E-state index in [0.717, 1.165) is 37.3 Å². The number of ether oxygens (including phenoxy) is 1. The van der Waals surface area contributed by atoms with Gasteiger partial charge in [0, 0.05) is 26.5 Å². The molecule has 0 bridgehead atoms. The molecule has 0 fully saturated rings. The van der Waals surface area contributed by atoms with Crippen LogP contribution in [0.15, 0.2) is 24.4 Å². The number of pyridine rings is 1. The zero-order chi connectivity index (χ0) is 15.6. The van der Waals surface area contributed by atoms with E-state index in [2.05, 4.69) is 27.6 Å². The summed E-state index contributed by atoms with van der Waals surface area (Å²) in [6, 6.07) is 5.80. The van der Waals surface area contributed by atoms with Crippen molar-refractivity contribution < 1.29 is 9.53 Å². The molecule has 0 unspecified atom stereocenters. The number of ketones is 1. The zero-order valence-electron chi connectivity index (χ0n) is 12.7. The van der Waals surface area contributed by atoms with Crippen LogP contribution in [0.2, 0.25) is 0 Å². The number of aryl methyl sites for hydroxylation is 2. The average molecular weight is 395 g/mol. The number of carbonyl (C=O) groups excluding carboxylic acids is 1. The van der Waals surface area contributed by atoms with Crippen LogP contribution >= 0.6 is 22.6 Å². The van der Waals surface area contributed by atoms with Crippen LogP contribution in [-0.4, -0.2) is 17.9 Å². The molecule has 0 saturated carbocycles. The lowest BCUT2D eigenvalue weighted by Gasteiger charge is -2.12. The van der Waals surface area contributed by atoms with E-state index in [4.69, 9.17) is 4.74 Å². The molecule has 0 spiro atoms. The highest BCUT2D eigenvalue weighted by Crippen LogP contribution is 2.25. The Morgan fingerprint density at radius 3 is 2.62 bits per heavy atom. The van der Waals surface area contributed by atoms with E-state index in [0.29, 0.717) is 6.42 Å². The molecule has 1 aromatic carbocycles. The fraction of sp³-hybridized carbons (Fsp3) is 0.294. The summed E-state index contributed by atoms with van der Waals surface area (Å²) >= 11 is 2.22. The molecule has 0 saturated heterocycles. The summed E-state index contributed by atoms with van der Waals surface area (Å²) in [7, 11) is 1.64. The fourth-order valence-electron chi connectivity index (χ4n) is 2.36. The maximum Gasteiger partial charge on any atom is 0.169 e. The van der Waals surface area contributed by atoms with Crippen molar-refractivity contribution in [2.75, 3.05) is 7.11 Å². The van der Waals surface area contributed by atoms with Gasteiger partial charge in [-0.05, 0) is 48.9 Å². The summed E-state index contributed by atoms with van der Waals surface area (Å²) in [6.07, 6.45) is 2.05. The molecular formula is C17H18INO2. The van der Waals surface area contributed by atoms with E-state index in [1.807, 2.05) is 39.0 Å². The molecule has 3 nitrogen and oxygen atoms in total. The van der Waals surface area contributed by atoms with Gasteiger partial charge >= 0.3 is 0 Å². The first-order valence-corrected chi connectivity index (χ1v) is 7.81. The normalized spacial score (nSPS) is 10.5. The van der Waals surface area contributed by atoms with Crippen LogP contribution in [0.1, 0.15) is 32.7 Å². The highest BCUT2D eigenvalue weighted by atomic mass is 127. The largest absolute Gasteiger partial charge is 0.496 e. The molecule has 0 aliphatic carbocycles. The van der Waals surface area contributed by atoms with Crippen LogP contribution < -0.4 is 4.74 Å². The van der Waals surface area contributed by atoms with Crippen molar-refractivity contribution in [1.29, 1.82) is 0 Å². The Balaban J connectivity index is 2.34. The molecule has 0 atom stereocenters. The monoisotopic (exact) mass is 395 g/mol. The minimum atomic E-state index is 0.0876. The van der Waals surface area contributed by atoms with Crippen molar-refractivity contribution >= 4 is 28.4 Å². The number of hydrogen-bond donors (Lipinski definition) is 0. The number of aromatic nitrogens is 1. The van der Waals surface area contributed by atoms with E-state index in [-0.39, 0.29) is 5.78 Å². The lowest BCUT2D eigenvalue weighted by atomic mass is 10.0. The van der Waals surface area contributed by atoms with E-state index < -0.39 is 0 Å². The average Bonchev–Trinajstić information content (AvgIpc) is 2.45. The molecule has 2 aromatic rings. The second kappa shape index (κ2) is 6.56. The predicted molar refractivity (Wildman–Crippen MR) is 92.2 cm³/mol. The third-order valence-corrected chi connectivity index (χ3v) is 5.00. The third kappa shape index (κ3) is 3.26. The standard InChI is InChI=1S/C17H18INO2/c1-10-6-5-7-13(16(10)18)15(20)8-14-12(3)17(21-4)11(2)9-19-14/h5-7,9H,8H2,1-4H3. The van der Waals surface area contributed by atoms with Crippen LogP contribution in [0, 0.1) is 24.3 Å². The maximum absolute atomic E-state index is 12.5. The van der Waals surface area contributed by atoms with E-state index in [9.17, 15) is 4.79 Å². The van der Waals surface area contributed by atoms with Crippen LogP contribution in [0.25, 0.3) is 0 Å². The van der Waals surface area contributed by atoms with Gasteiger partial charge in [0.2, 0.25) is 0 Å². The Morgan fingerprint density at radius 1 is 1.24 bits per heavy atom. The summed E-state index contributed by atoms with van der Waals surface area (Å²) < 4.78 is 6.40. The number of methoxy groups -OCH3 is 1. The van der Waals surface area contributed by atoms with Gasteiger partial charge in [-0.25, -0.2) is 0 Å². The smallest absolute Gasteiger partial charge is 0.169 e. The fourth-order valence-corrected chi connectivity index (χ4v) is 3.02. The lowest BCUT2D eigenvalue weighted by Crippen LogP contribution is -2.10. The first-order valence-electron chi connectivity index (χ1n) is 6.73. The summed E-state index contributed by atoms with van der Waals surface area (Å²) in [5.74, 6) is 0.899. The zero-order valence-corrected chi connectivity index (χ0v) is 14.8. The highest BCUT2D eigenvalue weighted by molar-refractivity contribution is 14.1. The van der Waals surface area contributed by atoms with Crippen LogP contribution in [0.4, 0.5) is 0 Å². The molecule has 0 aliphatic rings. The van der Waals surface area contributed by atoms with Gasteiger partial charge in [-0.1, -0.05) is 18.2 Å². The van der Waals surface area contributed by atoms with Crippen molar-refractivity contribution in [2.24, 2.45) is 0 Å². The first kappa shape index (κ1) is 15.9. The number of carbonyl (C=O) groups is 1. The highest BCUT2D eigenvalue weighted by Gasteiger charge is 2.16. The first-order chi connectivity index (χ1) is 9.95. The van der Waals surface area contributed by atoms with Gasteiger partial charge in [0.25, 0.3) is 0 Å². The van der Waals surface area contributed by atoms with Crippen molar-refractivity contribution in [2.45, 2.75) is 27.2 Å². The molecule has 1 heterocycles. The molecule has 2 rings (SSSR count). The number of halogens is 1. The molecule has 110 valence electrons. The van der Waals surface area contributed by atoms with Gasteiger partial charge in [0.05, 0.1) is 19.2 Å². The molecule has 0 radical (unpaired) electrons. The summed E-state index contributed by atoms with van der Waals surface area (Å²) in [4.78, 5) is 16.9. The van der Waals surface area contributed by atoms with Gasteiger partial charge in [-0.3, -0.25) is 9.78 Å². The van der Waals surface area contributed by atoms with Gasteiger partial charge in [0.15, 0.2) is 5.78 Å². The molecular weight excluding hydrogens is 377 g/mol. The number of nitrogens with zero attached hydrogens (tertiary/aromatic N) is 1. The number of benzene rings is 1. The minimum Gasteiger partial charge on any atom is -0.496 e. The SMILES string of the molecule is COc1c(C)cnc(CC(=O)c2cccc(C)c2I)c1C. The Bertz CT molecular complexity index is 695. The number of rotatable bonds is 4. The van der Waals surface area contributed by atoms with E-state index in [1.54, 1.807) is 13.3 Å². The summed E-state index contributed by atoms with van der Waals surface area (Å²) in [6.45, 7) is 5.91. The molecule has 0 aliphatic heterocycles. The van der Waals surface area contributed by atoms with Crippen LogP contribution in [0.3, 0.4) is 0 Å². The van der Waals surface area contributed by atoms with Gasteiger partial charge < -0.3 is 4.74 Å². The Labute approximate surface area is 138 Å². The summed E-state index contributed by atoms with van der Waals surface area (Å²) in [5, 5.41) is 0.